The quantitative estimate of drug-likeness (QED) is 0.0830. The second kappa shape index (κ2) is 14.8. The second-order valence-corrected chi connectivity index (χ2v) is 9.80. The van der Waals surface area contributed by atoms with Crippen LogP contribution in [0.4, 0.5) is 4.79 Å². The fourth-order valence-corrected chi connectivity index (χ4v) is 4.67. The van der Waals surface area contributed by atoms with Crippen LogP contribution < -0.4 is 14.2 Å². The number of rotatable bonds is 13. The van der Waals surface area contributed by atoms with Crippen LogP contribution in [-0.4, -0.2) is 49.0 Å². The third kappa shape index (κ3) is 7.78. The maximum Gasteiger partial charge on any atom is 0.513 e. The molecular formula is C34H32O10. The highest BCUT2D eigenvalue weighted by Gasteiger charge is 2.29. The van der Waals surface area contributed by atoms with E-state index in [1.807, 2.05) is 25.1 Å². The molecule has 0 amide bonds. The van der Waals surface area contributed by atoms with Crippen molar-refractivity contribution < 1.29 is 48.0 Å². The van der Waals surface area contributed by atoms with Gasteiger partial charge in [0.1, 0.15) is 17.2 Å². The Morgan fingerprint density at radius 2 is 1.36 bits per heavy atom. The number of aliphatic hydroxyl groups is 1. The highest BCUT2D eigenvalue weighted by atomic mass is 16.7. The standard InChI is InChI=1S/C34H32O10/c1-4-26-29-18-24(42-32(37)21(3)20-35)12-14-27(29)28-15-13-25(19-30(26)28)43-33(38)22-8-10-23(11-9-22)44-34(39)41-17-7-6-16-40-31(36)5-2/h5,8-15,18-19,26,35H,2-4,6-7,16-17,20H2,1H3. The van der Waals surface area contributed by atoms with E-state index in [2.05, 4.69) is 13.2 Å². The van der Waals surface area contributed by atoms with Crippen molar-refractivity contribution in [3.63, 3.8) is 0 Å². The molecule has 0 spiro atoms. The Labute approximate surface area is 254 Å². The Morgan fingerprint density at radius 1 is 0.795 bits per heavy atom. The number of unbranched alkanes of at least 4 members (excludes halogenated alkanes) is 1. The number of aliphatic hydroxyl groups excluding tert-OH is 1. The molecule has 1 unspecified atom stereocenters. The van der Waals surface area contributed by atoms with E-state index in [1.165, 1.54) is 24.3 Å². The predicted molar refractivity (Wildman–Crippen MR) is 160 cm³/mol. The molecule has 1 aliphatic carbocycles. The molecule has 1 atom stereocenters. The molecule has 1 N–H and O–H groups in total. The summed E-state index contributed by atoms with van der Waals surface area (Å²) < 4.78 is 26.0. The van der Waals surface area contributed by atoms with E-state index in [4.69, 9.17) is 28.8 Å². The lowest BCUT2D eigenvalue weighted by Crippen LogP contribution is -2.13. The number of hydrogen-bond donors (Lipinski definition) is 1. The minimum absolute atomic E-state index is 0.00988. The first-order chi connectivity index (χ1) is 21.2. The average molecular weight is 601 g/mol. The van der Waals surface area contributed by atoms with Crippen LogP contribution in [0.5, 0.6) is 17.2 Å². The van der Waals surface area contributed by atoms with Crippen LogP contribution >= 0.6 is 0 Å². The highest BCUT2D eigenvalue weighted by molar-refractivity contribution is 5.92. The zero-order valence-electron chi connectivity index (χ0n) is 24.2. The molecule has 10 nitrogen and oxygen atoms in total. The van der Waals surface area contributed by atoms with Gasteiger partial charge in [-0.1, -0.05) is 32.2 Å². The summed E-state index contributed by atoms with van der Waals surface area (Å²) in [6, 6.07) is 16.7. The SMILES string of the molecule is C=CC(=O)OCCCCOC(=O)Oc1ccc(C(=O)Oc2ccc3c(c2)C(CC)c2cc(OC(=O)C(=C)CO)ccc2-3)cc1. The van der Waals surface area contributed by atoms with Crippen LogP contribution in [0, 0.1) is 0 Å². The summed E-state index contributed by atoms with van der Waals surface area (Å²) in [5, 5.41) is 9.13. The van der Waals surface area contributed by atoms with Gasteiger partial charge in [-0.2, -0.15) is 0 Å². The molecule has 0 bridgehead atoms. The summed E-state index contributed by atoms with van der Waals surface area (Å²) in [7, 11) is 0. The number of hydrogen-bond acceptors (Lipinski definition) is 10. The van der Waals surface area contributed by atoms with E-state index >= 15 is 0 Å². The summed E-state index contributed by atoms with van der Waals surface area (Å²) in [5.74, 6) is -0.881. The lowest BCUT2D eigenvalue weighted by atomic mass is 9.94. The molecule has 0 heterocycles. The molecule has 10 heteroatoms. The third-order valence-electron chi connectivity index (χ3n) is 6.86. The van der Waals surface area contributed by atoms with Gasteiger partial charge < -0.3 is 28.8 Å². The van der Waals surface area contributed by atoms with Crippen LogP contribution in [0.25, 0.3) is 11.1 Å². The first-order valence-corrected chi connectivity index (χ1v) is 14.0. The number of carbonyl (C=O) groups is 4. The van der Waals surface area contributed by atoms with Crippen molar-refractivity contribution in [3.05, 3.63) is 102 Å². The van der Waals surface area contributed by atoms with Gasteiger partial charge in [-0.25, -0.2) is 19.2 Å². The zero-order chi connectivity index (χ0) is 31.6. The summed E-state index contributed by atoms with van der Waals surface area (Å²) in [6.07, 6.45) is 1.94. The molecule has 3 aromatic rings. The molecule has 3 aromatic carbocycles. The average Bonchev–Trinajstić information content (AvgIpc) is 3.34. The Morgan fingerprint density at radius 3 is 1.93 bits per heavy atom. The van der Waals surface area contributed by atoms with Crippen molar-refractivity contribution >= 4 is 24.1 Å². The van der Waals surface area contributed by atoms with Gasteiger partial charge in [-0.05, 0) is 90.0 Å². The summed E-state index contributed by atoms with van der Waals surface area (Å²) >= 11 is 0. The minimum atomic E-state index is -0.895. The molecular weight excluding hydrogens is 568 g/mol. The van der Waals surface area contributed by atoms with E-state index in [9.17, 15) is 19.2 Å². The largest absolute Gasteiger partial charge is 0.513 e. The molecule has 0 saturated carbocycles. The fourth-order valence-electron chi connectivity index (χ4n) is 4.67. The normalized spacial score (nSPS) is 12.7. The molecule has 0 aromatic heterocycles. The fraction of sp³-hybridized carbons (Fsp3) is 0.235. The van der Waals surface area contributed by atoms with E-state index in [0.717, 1.165) is 34.8 Å². The highest BCUT2D eigenvalue weighted by Crippen LogP contribution is 2.48. The first-order valence-electron chi connectivity index (χ1n) is 14.0. The molecule has 0 fully saturated rings. The smallest absolute Gasteiger partial charge is 0.463 e. The van der Waals surface area contributed by atoms with Gasteiger partial charge in [-0.15, -0.1) is 0 Å². The van der Waals surface area contributed by atoms with E-state index in [0.29, 0.717) is 24.3 Å². The molecule has 44 heavy (non-hydrogen) atoms. The Bertz CT molecular complexity index is 1570. The summed E-state index contributed by atoms with van der Waals surface area (Å²) in [5.41, 5.74) is 4.17. The summed E-state index contributed by atoms with van der Waals surface area (Å²) in [6.45, 7) is 8.65. The van der Waals surface area contributed by atoms with Crippen molar-refractivity contribution in [2.75, 3.05) is 19.8 Å². The number of ether oxygens (including phenoxy) is 5. The van der Waals surface area contributed by atoms with Crippen LogP contribution in [0.15, 0.2) is 85.5 Å². The number of carbonyl (C=O) groups excluding carboxylic acids is 4. The molecule has 0 radical (unpaired) electrons. The monoisotopic (exact) mass is 600 g/mol. The molecule has 228 valence electrons. The topological polar surface area (TPSA) is 135 Å². The Hall–Kier alpha value is -5.22. The third-order valence-corrected chi connectivity index (χ3v) is 6.86. The van der Waals surface area contributed by atoms with Crippen LogP contribution in [0.1, 0.15) is 53.6 Å². The molecule has 0 saturated heterocycles. The lowest BCUT2D eigenvalue weighted by Gasteiger charge is -2.13. The lowest BCUT2D eigenvalue weighted by molar-refractivity contribution is -0.138. The minimum Gasteiger partial charge on any atom is -0.463 e. The van der Waals surface area contributed by atoms with Crippen molar-refractivity contribution in [1.82, 2.24) is 0 Å². The Kier molecular flexibility index (Phi) is 10.7. The van der Waals surface area contributed by atoms with Gasteiger partial charge in [0.25, 0.3) is 0 Å². The van der Waals surface area contributed by atoms with Gasteiger partial charge in [0, 0.05) is 12.0 Å². The molecule has 1 aliphatic rings. The van der Waals surface area contributed by atoms with Gasteiger partial charge >= 0.3 is 24.1 Å². The summed E-state index contributed by atoms with van der Waals surface area (Å²) in [4.78, 5) is 47.8. The van der Waals surface area contributed by atoms with Crippen molar-refractivity contribution in [3.8, 4) is 28.4 Å². The van der Waals surface area contributed by atoms with E-state index < -0.39 is 30.7 Å². The molecule has 4 rings (SSSR count). The van der Waals surface area contributed by atoms with Gasteiger partial charge in [0.15, 0.2) is 0 Å². The maximum atomic E-state index is 12.9. The van der Waals surface area contributed by atoms with Crippen molar-refractivity contribution in [1.29, 1.82) is 0 Å². The van der Waals surface area contributed by atoms with Crippen molar-refractivity contribution in [2.24, 2.45) is 0 Å². The van der Waals surface area contributed by atoms with Crippen molar-refractivity contribution in [2.45, 2.75) is 32.1 Å². The first kappa shape index (κ1) is 31.7. The van der Waals surface area contributed by atoms with Crippen LogP contribution in [0.3, 0.4) is 0 Å². The van der Waals surface area contributed by atoms with Gasteiger partial charge in [0.05, 0.1) is 31.0 Å². The van der Waals surface area contributed by atoms with E-state index in [1.54, 1.807) is 18.2 Å². The van der Waals surface area contributed by atoms with Crippen LogP contribution in [0.2, 0.25) is 0 Å². The van der Waals surface area contributed by atoms with Gasteiger partial charge in [0.2, 0.25) is 0 Å². The van der Waals surface area contributed by atoms with Gasteiger partial charge in [-0.3, -0.25) is 0 Å². The van der Waals surface area contributed by atoms with E-state index in [-0.39, 0.29) is 36.0 Å². The number of fused-ring (bicyclic) bond motifs is 3. The number of benzene rings is 3. The molecule has 0 aliphatic heterocycles. The Balaban J connectivity index is 1.33. The predicted octanol–water partition coefficient (Wildman–Crippen LogP) is 5.91. The van der Waals surface area contributed by atoms with Crippen LogP contribution in [-0.2, 0) is 19.1 Å². The zero-order valence-corrected chi connectivity index (χ0v) is 24.2. The number of esters is 3. The maximum absolute atomic E-state index is 12.9. The second-order valence-electron chi connectivity index (χ2n) is 9.80.